The number of hydrogen-bond donors (Lipinski definition) is 1. The normalized spacial score (nSPS) is 18.0. The third kappa shape index (κ3) is 5.34. The van der Waals surface area contributed by atoms with Crippen molar-refractivity contribution in [1.82, 2.24) is 4.90 Å². The molecule has 0 spiro atoms. The number of amides is 1. The van der Waals surface area contributed by atoms with Crippen molar-refractivity contribution in [1.29, 1.82) is 0 Å². The van der Waals surface area contributed by atoms with Crippen molar-refractivity contribution in [3.63, 3.8) is 0 Å². The highest BCUT2D eigenvalue weighted by Crippen LogP contribution is 2.33. The van der Waals surface area contributed by atoms with Gasteiger partial charge in [-0.3, -0.25) is 9.10 Å². The molecule has 1 N–H and O–H groups in total. The minimum Gasteiger partial charge on any atom is -0.393 e. The number of aliphatic hydroxyl groups excluding tert-OH is 1. The molecule has 0 saturated carbocycles. The number of halogens is 3. The van der Waals surface area contributed by atoms with Crippen LogP contribution in [0.25, 0.3) is 0 Å². The first kappa shape index (κ1) is 23.4. The van der Waals surface area contributed by atoms with Gasteiger partial charge in [-0.15, -0.1) is 0 Å². The number of aliphatic hydroxyl groups is 1. The summed E-state index contributed by atoms with van der Waals surface area (Å²) in [5.74, 6) is -2.01. The molecule has 168 valence electrons. The summed E-state index contributed by atoms with van der Waals surface area (Å²) in [5, 5.41) is 9.85. The van der Waals surface area contributed by atoms with E-state index in [4.69, 9.17) is 11.6 Å². The molecule has 2 atom stereocenters. The molecule has 0 aromatic heterocycles. The van der Waals surface area contributed by atoms with Gasteiger partial charge in [0, 0.05) is 24.2 Å². The number of piperidine rings is 1. The largest absolute Gasteiger partial charge is 0.393 e. The maximum atomic E-state index is 14.7. The number of likely N-dealkylation sites (tertiary alicyclic amines) is 1. The highest BCUT2D eigenvalue weighted by atomic mass is 35.5. The zero-order valence-corrected chi connectivity index (χ0v) is 18.4. The molecule has 0 aliphatic carbocycles. The van der Waals surface area contributed by atoms with E-state index in [2.05, 4.69) is 0 Å². The summed E-state index contributed by atoms with van der Waals surface area (Å²) in [7, 11) is -4.30. The van der Waals surface area contributed by atoms with Crippen LogP contribution in [0.4, 0.5) is 14.5 Å². The van der Waals surface area contributed by atoms with E-state index in [0.717, 1.165) is 22.5 Å². The molecular weight excluding hydrogens is 450 g/mol. The summed E-state index contributed by atoms with van der Waals surface area (Å²) in [5.41, 5.74) is -0.426. The van der Waals surface area contributed by atoms with Crippen LogP contribution < -0.4 is 4.31 Å². The van der Waals surface area contributed by atoms with E-state index in [1.165, 1.54) is 36.1 Å². The minimum absolute atomic E-state index is 0.00563. The number of sulfonamides is 1. The van der Waals surface area contributed by atoms with Gasteiger partial charge in [0.1, 0.15) is 11.6 Å². The number of carbonyl (C=O) groups excluding carboxylic acids is 1. The van der Waals surface area contributed by atoms with Crippen molar-refractivity contribution in [3.8, 4) is 0 Å². The lowest BCUT2D eigenvalue weighted by Gasteiger charge is -2.40. The molecule has 31 heavy (non-hydrogen) atoms. The zero-order chi connectivity index (χ0) is 22.8. The SMILES string of the molecule is CC(O)CC(=O)N1CCCC(N(c2cc(F)ccc2F)S(=O)(=O)c2ccc(Cl)cc2)C1. The lowest BCUT2D eigenvalue weighted by molar-refractivity contribution is -0.134. The van der Waals surface area contributed by atoms with Gasteiger partial charge >= 0.3 is 0 Å². The zero-order valence-electron chi connectivity index (χ0n) is 16.8. The molecule has 0 radical (unpaired) electrons. The second-order valence-electron chi connectivity index (χ2n) is 7.54. The van der Waals surface area contributed by atoms with Gasteiger partial charge in [-0.05, 0) is 56.2 Å². The Morgan fingerprint density at radius 3 is 2.58 bits per heavy atom. The van der Waals surface area contributed by atoms with E-state index >= 15 is 0 Å². The average Bonchev–Trinajstić information content (AvgIpc) is 2.71. The summed E-state index contributed by atoms with van der Waals surface area (Å²) < 4.78 is 56.6. The van der Waals surface area contributed by atoms with E-state index in [-0.39, 0.29) is 23.8 Å². The van der Waals surface area contributed by atoms with Crippen molar-refractivity contribution >= 4 is 33.2 Å². The van der Waals surface area contributed by atoms with Crippen molar-refractivity contribution in [2.75, 3.05) is 17.4 Å². The lowest BCUT2D eigenvalue weighted by Crippen LogP contribution is -2.52. The minimum atomic E-state index is -4.30. The van der Waals surface area contributed by atoms with Crippen LogP contribution in [0.15, 0.2) is 47.4 Å². The van der Waals surface area contributed by atoms with Crippen LogP contribution in [-0.2, 0) is 14.8 Å². The maximum Gasteiger partial charge on any atom is 0.264 e. The number of anilines is 1. The summed E-state index contributed by atoms with van der Waals surface area (Å²) in [6, 6.07) is 7.17. The maximum absolute atomic E-state index is 14.7. The van der Waals surface area contributed by atoms with Crippen molar-refractivity contribution in [2.45, 2.75) is 43.2 Å². The van der Waals surface area contributed by atoms with Crippen LogP contribution in [0.2, 0.25) is 5.02 Å². The Balaban J connectivity index is 2.05. The number of rotatable bonds is 6. The number of benzene rings is 2. The molecule has 1 fully saturated rings. The third-order valence-corrected chi connectivity index (χ3v) is 7.20. The Hall–Kier alpha value is -2.23. The fraction of sp³-hybridized carbons (Fsp3) is 0.381. The van der Waals surface area contributed by atoms with E-state index in [1.807, 2.05) is 0 Å². The third-order valence-electron chi connectivity index (χ3n) is 5.07. The fourth-order valence-corrected chi connectivity index (χ4v) is 5.45. The summed E-state index contributed by atoms with van der Waals surface area (Å²) >= 11 is 5.87. The standard InChI is InChI=1S/C21H23ClF2N2O4S/c1-14(27)11-21(28)25-10-2-3-17(13-25)26(20-12-16(23)6-9-19(20)24)31(29,30)18-7-4-15(22)5-8-18/h4-9,12,14,17,27H,2-3,10-11,13H2,1H3. The summed E-state index contributed by atoms with van der Waals surface area (Å²) in [6.07, 6.45) is -0.131. The summed E-state index contributed by atoms with van der Waals surface area (Å²) in [4.78, 5) is 13.8. The van der Waals surface area contributed by atoms with Crippen LogP contribution >= 0.6 is 11.6 Å². The predicted molar refractivity (Wildman–Crippen MR) is 113 cm³/mol. The highest BCUT2D eigenvalue weighted by molar-refractivity contribution is 7.92. The van der Waals surface area contributed by atoms with Gasteiger partial charge in [0.15, 0.2) is 0 Å². The molecule has 3 rings (SSSR count). The number of hydrogen-bond acceptors (Lipinski definition) is 4. The number of nitrogens with zero attached hydrogens (tertiary/aromatic N) is 2. The van der Waals surface area contributed by atoms with Gasteiger partial charge in [-0.1, -0.05) is 11.6 Å². The first-order valence-corrected chi connectivity index (χ1v) is 11.6. The molecule has 2 aromatic rings. The van der Waals surface area contributed by atoms with Gasteiger partial charge in [0.25, 0.3) is 10.0 Å². The quantitative estimate of drug-likeness (QED) is 0.697. The van der Waals surface area contributed by atoms with E-state index < -0.39 is 39.5 Å². The van der Waals surface area contributed by atoms with Crippen LogP contribution in [0, 0.1) is 11.6 Å². The first-order chi connectivity index (χ1) is 14.6. The van der Waals surface area contributed by atoms with Gasteiger partial charge in [0.05, 0.1) is 29.1 Å². The highest BCUT2D eigenvalue weighted by Gasteiger charge is 2.37. The van der Waals surface area contributed by atoms with Crippen LogP contribution in [-0.4, -0.2) is 49.6 Å². The van der Waals surface area contributed by atoms with Gasteiger partial charge in [-0.2, -0.15) is 0 Å². The Morgan fingerprint density at radius 2 is 1.94 bits per heavy atom. The van der Waals surface area contributed by atoms with Gasteiger partial charge < -0.3 is 10.0 Å². The molecule has 2 unspecified atom stereocenters. The van der Waals surface area contributed by atoms with E-state index in [9.17, 15) is 27.1 Å². The second kappa shape index (κ2) is 9.50. The topological polar surface area (TPSA) is 77.9 Å². The van der Waals surface area contributed by atoms with Crippen molar-refractivity contribution < 1.29 is 27.1 Å². The Morgan fingerprint density at radius 1 is 1.26 bits per heavy atom. The van der Waals surface area contributed by atoms with Gasteiger partial charge in [0.2, 0.25) is 5.91 Å². The lowest BCUT2D eigenvalue weighted by atomic mass is 10.0. The summed E-state index contributed by atoms with van der Waals surface area (Å²) in [6.45, 7) is 1.87. The van der Waals surface area contributed by atoms with E-state index in [0.29, 0.717) is 24.4 Å². The van der Waals surface area contributed by atoms with Crippen molar-refractivity contribution in [2.24, 2.45) is 0 Å². The molecule has 1 saturated heterocycles. The smallest absolute Gasteiger partial charge is 0.264 e. The molecule has 10 heteroatoms. The molecule has 0 bridgehead atoms. The number of carbonyl (C=O) groups is 1. The molecule has 1 amide bonds. The van der Waals surface area contributed by atoms with Gasteiger partial charge in [-0.25, -0.2) is 17.2 Å². The first-order valence-electron chi connectivity index (χ1n) is 9.80. The molecular formula is C21H23ClF2N2O4S. The van der Waals surface area contributed by atoms with Crippen LogP contribution in [0.3, 0.4) is 0 Å². The second-order valence-corrected chi connectivity index (χ2v) is 9.79. The Bertz CT molecular complexity index is 1050. The predicted octanol–water partition coefficient (Wildman–Crippen LogP) is 3.58. The Labute approximate surface area is 185 Å². The van der Waals surface area contributed by atoms with Crippen LogP contribution in [0.5, 0.6) is 0 Å². The molecule has 1 heterocycles. The van der Waals surface area contributed by atoms with Crippen molar-refractivity contribution in [3.05, 3.63) is 59.1 Å². The molecule has 2 aromatic carbocycles. The fourth-order valence-electron chi connectivity index (χ4n) is 3.65. The Kier molecular flexibility index (Phi) is 7.18. The average molecular weight is 473 g/mol. The molecule has 6 nitrogen and oxygen atoms in total. The van der Waals surface area contributed by atoms with Crippen LogP contribution in [0.1, 0.15) is 26.2 Å². The monoisotopic (exact) mass is 472 g/mol. The van der Waals surface area contributed by atoms with E-state index in [1.54, 1.807) is 0 Å². The molecule has 1 aliphatic heterocycles. The molecule has 1 aliphatic rings.